The largest absolute Gasteiger partial charge is 0.287 e. The number of carbonyl (C=O) groups excluding carboxylic acids is 1. The Morgan fingerprint density at radius 1 is 0.960 bits per heavy atom. The Bertz CT molecular complexity index is 1040. The summed E-state index contributed by atoms with van der Waals surface area (Å²) in [6.07, 6.45) is 3.26. The molecule has 0 fully saturated rings. The molecule has 122 valence electrons. The second-order valence-corrected chi connectivity index (χ2v) is 6.95. The summed E-state index contributed by atoms with van der Waals surface area (Å²) < 4.78 is 1.97. The van der Waals surface area contributed by atoms with Crippen molar-refractivity contribution in [3.63, 3.8) is 0 Å². The highest BCUT2D eigenvalue weighted by atomic mass is 35.5. The number of hydrogen-bond donors (Lipinski definition) is 0. The number of carbonyl (C=O) groups is 1. The summed E-state index contributed by atoms with van der Waals surface area (Å²) in [5.74, 6) is -0.0277. The summed E-state index contributed by atoms with van der Waals surface area (Å²) in [4.78, 5) is 18.0. The van der Waals surface area contributed by atoms with E-state index in [2.05, 4.69) is 4.98 Å². The zero-order chi connectivity index (χ0) is 17.2. The van der Waals surface area contributed by atoms with Gasteiger partial charge in [-0.25, -0.2) is 0 Å². The minimum absolute atomic E-state index is 0.0277. The molecule has 5 heteroatoms. The SMILES string of the molecule is O=C(c1ccncc1)c1cc2ccccc2n1Sc1ccc(Cl)cc1. The quantitative estimate of drug-likeness (QED) is 0.450. The molecule has 3 nitrogen and oxygen atoms in total. The van der Waals surface area contributed by atoms with Gasteiger partial charge in [0.2, 0.25) is 5.78 Å². The first-order chi connectivity index (χ1) is 12.2. The van der Waals surface area contributed by atoms with Crippen LogP contribution in [0.5, 0.6) is 0 Å². The van der Waals surface area contributed by atoms with Crippen LogP contribution in [-0.4, -0.2) is 14.7 Å². The van der Waals surface area contributed by atoms with Gasteiger partial charge in [-0.1, -0.05) is 29.8 Å². The summed E-state index contributed by atoms with van der Waals surface area (Å²) >= 11 is 7.48. The average Bonchev–Trinajstić information content (AvgIpc) is 3.02. The van der Waals surface area contributed by atoms with Crippen molar-refractivity contribution >= 4 is 40.2 Å². The smallest absolute Gasteiger partial charge is 0.210 e. The van der Waals surface area contributed by atoms with Crippen molar-refractivity contribution in [3.05, 3.63) is 95.4 Å². The summed E-state index contributed by atoms with van der Waals surface area (Å²) in [6.45, 7) is 0. The monoisotopic (exact) mass is 364 g/mol. The van der Waals surface area contributed by atoms with E-state index in [-0.39, 0.29) is 5.78 Å². The van der Waals surface area contributed by atoms with E-state index in [1.54, 1.807) is 24.5 Å². The van der Waals surface area contributed by atoms with Gasteiger partial charge in [0.1, 0.15) is 5.69 Å². The summed E-state index contributed by atoms with van der Waals surface area (Å²) in [5.41, 5.74) is 2.25. The lowest BCUT2D eigenvalue weighted by Crippen LogP contribution is -2.06. The molecule has 0 saturated heterocycles. The number of aromatic nitrogens is 2. The number of rotatable bonds is 4. The Balaban J connectivity index is 1.83. The van der Waals surface area contributed by atoms with E-state index in [0.717, 1.165) is 15.8 Å². The van der Waals surface area contributed by atoms with E-state index in [0.29, 0.717) is 16.3 Å². The van der Waals surface area contributed by atoms with Gasteiger partial charge < -0.3 is 0 Å². The van der Waals surface area contributed by atoms with Gasteiger partial charge in [0, 0.05) is 33.3 Å². The van der Waals surface area contributed by atoms with Gasteiger partial charge in [-0.15, -0.1) is 0 Å². The Morgan fingerprint density at radius 3 is 2.44 bits per heavy atom. The van der Waals surface area contributed by atoms with Crippen LogP contribution in [0.4, 0.5) is 0 Å². The van der Waals surface area contributed by atoms with Crippen molar-refractivity contribution in [1.82, 2.24) is 8.96 Å². The molecule has 0 aliphatic carbocycles. The molecule has 4 rings (SSSR count). The van der Waals surface area contributed by atoms with Gasteiger partial charge in [0.05, 0.1) is 5.52 Å². The number of para-hydroxylation sites is 1. The van der Waals surface area contributed by atoms with Gasteiger partial charge in [0.15, 0.2) is 0 Å². The lowest BCUT2D eigenvalue weighted by Gasteiger charge is -2.09. The van der Waals surface area contributed by atoms with Crippen LogP contribution < -0.4 is 0 Å². The molecule has 0 bridgehead atoms. The molecule has 0 spiro atoms. The first kappa shape index (κ1) is 15.9. The minimum Gasteiger partial charge on any atom is -0.287 e. The number of pyridine rings is 1. The van der Waals surface area contributed by atoms with Crippen molar-refractivity contribution in [2.75, 3.05) is 0 Å². The van der Waals surface area contributed by atoms with E-state index < -0.39 is 0 Å². The third-order valence-electron chi connectivity index (χ3n) is 3.85. The zero-order valence-electron chi connectivity index (χ0n) is 13.1. The Labute approximate surface area is 154 Å². The molecule has 0 N–H and O–H groups in total. The van der Waals surface area contributed by atoms with E-state index in [4.69, 9.17) is 11.6 Å². The van der Waals surface area contributed by atoms with Crippen molar-refractivity contribution < 1.29 is 4.79 Å². The molecular weight excluding hydrogens is 352 g/mol. The third-order valence-corrected chi connectivity index (χ3v) is 5.16. The molecule has 0 aliphatic rings. The van der Waals surface area contributed by atoms with Crippen LogP contribution in [0.1, 0.15) is 16.1 Å². The van der Waals surface area contributed by atoms with Crippen LogP contribution in [0.2, 0.25) is 5.02 Å². The average molecular weight is 365 g/mol. The van der Waals surface area contributed by atoms with Crippen molar-refractivity contribution in [3.8, 4) is 0 Å². The van der Waals surface area contributed by atoms with Gasteiger partial charge in [-0.3, -0.25) is 13.8 Å². The predicted molar refractivity (Wildman–Crippen MR) is 102 cm³/mol. The predicted octanol–water partition coefficient (Wildman–Crippen LogP) is 5.48. The Hall–Kier alpha value is -2.56. The van der Waals surface area contributed by atoms with E-state index in [9.17, 15) is 4.79 Å². The molecule has 0 atom stereocenters. The minimum atomic E-state index is -0.0277. The van der Waals surface area contributed by atoms with Crippen molar-refractivity contribution in [1.29, 1.82) is 0 Å². The molecule has 0 saturated carbocycles. The molecule has 2 aromatic carbocycles. The van der Waals surface area contributed by atoms with Crippen LogP contribution in [0.25, 0.3) is 10.9 Å². The fourth-order valence-electron chi connectivity index (χ4n) is 2.64. The standard InChI is InChI=1S/C20H13ClN2OS/c21-16-5-7-17(8-6-16)25-23-18-4-2-1-3-15(18)13-19(23)20(24)14-9-11-22-12-10-14/h1-13H. The van der Waals surface area contributed by atoms with E-state index in [1.165, 1.54) is 11.9 Å². The van der Waals surface area contributed by atoms with Crippen LogP contribution in [0.15, 0.2) is 84.0 Å². The molecule has 0 aliphatic heterocycles. The number of hydrogen-bond acceptors (Lipinski definition) is 3. The van der Waals surface area contributed by atoms with E-state index >= 15 is 0 Å². The lowest BCUT2D eigenvalue weighted by atomic mass is 10.1. The van der Waals surface area contributed by atoms with Crippen LogP contribution >= 0.6 is 23.5 Å². The first-order valence-electron chi connectivity index (χ1n) is 7.71. The van der Waals surface area contributed by atoms with E-state index in [1.807, 2.05) is 58.6 Å². The van der Waals surface area contributed by atoms with Crippen LogP contribution in [0, 0.1) is 0 Å². The summed E-state index contributed by atoms with van der Waals surface area (Å²) in [6, 6.07) is 21.0. The Morgan fingerprint density at radius 2 is 1.68 bits per heavy atom. The maximum Gasteiger partial charge on any atom is 0.210 e. The van der Waals surface area contributed by atoms with Gasteiger partial charge in [-0.05, 0) is 60.5 Å². The number of fused-ring (bicyclic) bond motifs is 1. The number of benzene rings is 2. The van der Waals surface area contributed by atoms with Gasteiger partial charge >= 0.3 is 0 Å². The van der Waals surface area contributed by atoms with Crippen LogP contribution in [-0.2, 0) is 0 Å². The highest BCUT2D eigenvalue weighted by Crippen LogP contribution is 2.31. The molecule has 2 heterocycles. The zero-order valence-corrected chi connectivity index (χ0v) is 14.7. The molecule has 0 unspecified atom stereocenters. The van der Waals surface area contributed by atoms with Crippen molar-refractivity contribution in [2.24, 2.45) is 0 Å². The lowest BCUT2D eigenvalue weighted by molar-refractivity contribution is 0.103. The maximum atomic E-state index is 13.0. The molecule has 25 heavy (non-hydrogen) atoms. The Kier molecular flexibility index (Phi) is 4.30. The van der Waals surface area contributed by atoms with Gasteiger partial charge in [-0.2, -0.15) is 0 Å². The fourth-order valence-corrected chi connectivity index (χ4v) is 3.73. The van der Waals surface area contributed by atoms with Crippen LogP contribution in [0.3, 0.4) is 0 Å². The number of ketones is 1. The fraction of sp³-hybridized carbons (Fsp3) is 0. The topological polar surface area (TPSA) is 34.9 Å². The normalized spacial score (nSPS) is 10.9. The summed E-state index contributed by atoms with van der Waals surface area (Å²) in [5, 5.41) is 1.72. The second kappa shape index (κ2) is 6.75. The van der Waals surface area contributed by atoms with Gasteiger partial charge in [0.25, 0.3) is 0 Å². The molecule has 0 radical (unpaired) electrons. The first-order valence-corrected chi connectivity index (χ1v) is 8.86. The molecule has 0 amide bonds. The van der Waals surface area contributed by atoms with Crippen molar-refractivity contribution in [2.45, 2.75) is 4.90 Å². The third kappa shape index (κ3) is 3.18. The molecular formula is C20H13ClN2OS. The summed E-state index contributed by atoms with van der Waals surface area (Å²) in [7, 11) is 0. The number of halogens is 1. The number of nitrogens with zero attached hydrogens (tertiary/aromatic N) is 2. The second-order valence-electron chi connectivity index (χ2n) is 5.49. The highest BCUT2D eigenvalue weighted by molar-refractivity contribution is 7.98. The molecule has 4 aromatic rings. The molecule has 2 aromatic heterocycles. The highest BCUT2D eigenvalue weighted by Gasteiger charge is 2.18. The maximum absolute atomic E-state index is 13.0.